The van der Waals surface area contributed by atoms with Crippen LogP contribution >= 0.6 is 11.3 Å². The maximum atomic E-state index is 13.7. The SMILES string of the molecule is C[C@H](CNC(=O)C1CCN(S(=O)(=O)c2cccs2)CC1)c1nc2ccccc2n1C(F)F. The summed E-state index contributed by atoms with van der Waals surface area (Å²) in [5.41, 5.74) is 0.843. The third-order valence-corrected chi connectivity index (χ3v) is 9.03. The molecule has 1 N–H and O–H groups in total. The molecule has 32 heavy (non-hydrogen) atoms. The molecule has 1 aliphatic rings. The fourth-order valence-electron chi connectivity index (χ4n) is 4.00. The van der Waals surface area contributed by atoms with Gasteiger partial charge in [-0.15, -0.1) is 11.3 Å². The Balaban J connectivity index is 1.36. The number of hydrogen-bond acceptors (Lipinski definition) is 5. The lowest BCUT2D eigenvalue weighted by Gasteiger charge is -2.30. The van der Waals surface area contributed by atoms with Crippen LogP contribution in [0, 0.1) is 5.92 Å². The van der Waals surface area contributed by atoms with Crippen molar-refractivity contribution in [2.24, 2.45) is 5.92 Å². The van der Waals surface area contributed by atoms with Gasteiger partial charge < -0.3 is 5.32 Å². The van der Waals surface area contributed by atoms with Crippen LogP contribution in [0.3, 0.4) is 0 Å². The standard InChI is InChI=1S/C21H24F2N4O3S2/c1-14(19-25-16-5-2-3-6-17(16)27(19)21(22)23)13-24-20(28)15-8-10-26(11-9-15)32(29,30)18-7-4-12-31-18/h2-7,12,14-15,21H,8-11,13H2,1H3,(H,24,28)/t14-/m1/s1. The number of fused-ring (bicyclic) bond motifs is 1. The molecule has 1 aliphatic heterocycles. The van der Waals surface area contributed by atoms with E-state index in [1.54, 1.807) is 48.7 Å². The average molecular weight is 483 g/mol. The first kappa shape index (κ1) is 22.8. The fraction of sp³-hybridized carbons (Fsp3) is 0.429. The summed E-state index contributed by atoms with van der Waals surface area (Å²) >= 11 is 1.17. The number of alkyl halides is 2. The number of sulfonamides is 1. The van der Waals surface area contributed by atoms with Crippen molar-refractivity contribution in [1.82, 2.24) is 19.2 Å². The monoisotopic (exact) mass is 482 g/mol. The molecule has 1 fully saturated rings. The van der Waals surface area contributed by atoms with Crippen LogP contribution in [0.1, 0.15) is 38.1 Å². The van der Waals surface area contributed by atoms with E-state index < -0.39 is 22.5 Å². The van der Waals surface area contributed by atoms with Gasteiger partial charge >= 0.3 is 6.55 Å². The number of nitrogens with one attached hydrogen (secondary N) is 1. The van der Waals surface area contributed by atoms with Crippen molar-refractivity contribution in [1.29, 1.82) is 0 Å². The number of carbonyl (C=O) groups is 1. The highest BCUT2D eigenvalue weighted by Crippen LogP contribution is 2.28. The van der Waals surface area contributed by atoms with Crippen molar-refractivity contribution in [3.63, 3.8) is 0 Å². The molecule has 1 atom stereocenters. The highest BCUT2D eigenvalue weighted by Gasteiger charge is 2.33. The van der Waals surface area contributed by atoms with Crippen LogP contribution in [0.4, 0.5) is 8.78 Å². The molecule has 1 amide bonds. The van der Waals surface area contributed by atoms with Gasteiger partial charge in [0, 0.05) is 31.5 Å². The number of imidazole rings is 1. The topological polar surface area (TPSA) is 84.3 Å². The quantitative estimate of drug-likeness (QED) is 0.555. The molecule has 1 aromatic carbocycles. The maximum absolute atomic E-state index is 13.7. The molecule has 4 rings (SSSR count). The molecule has 11 heteroatoms. The number of piperidine rings is 1. The van der Waals surface area contributed by atoms with Crippen molar-refractivity contribution in [2.75, 3.05) is 19.6 Å². The molecule has 0 aliphatic carbocycles. The molecule has 3 heterocycles. The number of carbonyl (C=O) groups excluding carboxylic acids is 1. The Morgan fingerprint density at radius 1 is 1.22 bits per heavy atom. The number of benzene rings is 1. The number of thiophene rings is 1. The number of halogens is 2. The van der Waals surface area contributed by atoms with E-state index in [2.05, 4.69) is 10.3 Å². The highest BCUT2D eigenvalue weighted by atomic mass is 32.2. The molecule has 0 radical (unpaired) electrons. The summed E-state index contributed by atoms with van der Waals surface area (Å²) in [5.74, 6) is -0.700. The number of amides is 1. The van der Waals surface area contributed by atoms with Crippen LogP contribution < -0.4 is 5.32 Å². The minimum absolute atomic E-state index is 0.169. The second-order valence-corrected chi connectivity index (χ2v) is 11.0. The van der Waals surface area contributed by atoms with Crippen LogP contribution in [0.25, 0.3) is 11.0 Å². The van der Waals surface area contributed by atoms with E-state index in [0.717, 1.165) is 4.57 Å². The smallest absolute Gasteiger partial charge is 0.320 e. The molecule has 2 aromatic heterocycles. The zero-order valence-electron chi connectivity index (χ0n) is 17.4. The second kappa shape index (κ2) is 9.24. The van der Waals surface area contributed by atoms with Gasteiger partial charge in [-0.3, -0.25) is 9.36 Å². The predicted molar refractivity (Wildman–Crippen MR) is 118 cm³/mol. The van der Waals surface area contributed by atoms with Crippen LogP contribution in [-0.2, 0) is 14.8 Å². The number of rotatable bonds is 7. The number of hydrogen-bond donors (Lipinski definition) is 1. The Morgan fingerprint density at radius 2 is 1.94 bits per heavy atom. The molecule has 0 unspecified atom stereocenters. The lowest BCUT2D eigenvalue weighted by molar-refractivity contribution is -0.126. The van der Waals surface area contributed by atoms with Crippen LogP contribution in [0.15, 0.2) is 46.0 Å². The lowest BCUT2D eigenvalue weighted by Crippen LogP contribution is -2.43. The Kier molecular flexibility index (Phi) is 6.59. The number of nitrogens with zero attached hydrogens (tertiary/aromatic N) is 3. The first-order valence-corrected chi connectivity index (χ1v) is 12.7. The average Bonchev–Trinajstić information content (AvgIpc) is 3.46. The van der Waals surface area contributed by atoms with E-state index in [-0.39, 0.29) is 37.3 Å². The Labute approximate surface area is 189 Å². The number of para-hydroxylation sites is 2. The van der Waals surface area contributed by atoms with E-state index in [9.17, 15) is 22.0 Å². The van der Waals surface area contributed by atoms with Crippen molar-refractivity contribution in [2.45, 2.75) is 36.4 Å². The third-order valence-electron chi connectivity index (χ3n) is 5.76. The van der Waals surface area contributed by atoms with Gasteiger partial charge in [-0.05, 0) is 36.4 Å². The summed E-state index contributed by atoms with van der Waals surface area (Å²) in [6.07, 6.45) is 0.834. The van der Waals surface area contributed by atoms with Crippen molar-refractivity contribution < 1.29 is 22.0 Å². The van der Waals surface area contributed by atoms with Gasteiger partial charge in [0.15, 0.2) is 0 Å². The molecule has 3 aromatic rings. The van der Waals surface area contributed by atoms with E-state index in [4.69, 9.17) is 0 Å². The first-order chi connectivity index (χ1) is 15.3. The fourth-order valence-corrected chi connectivity index (χ4v) is 6.62. The summed E-state index contributed by atoms with van der Waals surface area (Å²) in [6, 6.07) is 9.98. The Hall–Kier alpha value is -2.37. The van der Waals surface area contributed by atoms with Gasteiger partial charge in [0.2, 0.25) is 5.91 Å². The maximum Gasteiger partial charge on any atom is 0.320 e. The summed E-state index contributed by atoms with van der Waals surface area (Å²) in [7, 11) is -3.52. The zero-order valence-corrected chi connectivity index (χ0v) is 19.1. The normalized spacial score (nSPS) is 17.1. The summed E-state index contributed by atoms with van der Waals surface area (Å²) < 4.78 is 55.2. The minimum atomic E-state index is -3.52. The highest BCUT2D eigenvalue weighted by molar-refractivity contribution is 7.91. The van der Waals surface area contributed by atoms with Crippen molar-refractivity contribution in [3.05, 3.63) is 47.6 Å². The number of aromatic nitrogens is 2. The molecule has 1 saturated heterocycles. The molecule has 7 nitrogen and oxygen atoms in total. The van der Waals surface area contributed by atoms with Gasteiger partial charge in [-0.2, -0.15) is 13.1 Å². The Bertz CT molecular complexity index is 1190. The first-order valence-electron chi connectivity index (χ1n) is 10.4. The largest absolute Gasteiger partial charge is 0.355 e. The molecular weight excluding hydrogens is 458 g/mol. The van der Waals surface area contributed by atoms with E-state index in [1.807, 2.05) is 0 Å². The second-order valence-electron chi connectivity index (χ2n) is 7.86. The lowest BCUT2D eigenvalue weighted by atomic mass is 9.97. The molecule has 0 bridgehead atoms. The third kappa shape index (κ3) is 4.41. The minimum Gasteiger partial charge on any atom is -0.355 e. The van der Waals surface area contributed by atoms with E-state index in [0.29, 0.717) is 28.1 Å². The van der Waals surface area contributed by atoms with Crippen molar-refractivity contribution in [3.8, 4) is 0 Å². The molecule has 172 valence electrons. The van der Waals surface area contributed by atoms with Crippen LogP contribution in [0.5, 0.6) is 0 Å². The predicted octanol–water partition coefficient (Wildman–Crippen LogP) is 3.81. The molecular formula is C21H24F2N4O3S2. The van der Waals surface area contributed by atoms with Crippen LogP contribution in [0.2, 0.25) is 0 Å². The van der Waals surface area contributed by atoms with Crippen LogP contribution in [-0.4, -0.2) is 47.8 Å². The molecule has 0 saturated carbocycles. The van der Waals surface area contributed by atoms with Gasteiger partial charge in [-0.1, -0.05) is 25.1 Å². The summed E-state index contributed by atoms with van der Waals surface area (Å²) in [4.78, 5) is 17.0. The summed E-state index contributed by atoms with van der Waals surface area (Å²) in [5, 5.41) is 4.56. The van der Waals surface area contributed by atoms with Gasteiger partial charge in [0.1, 0.15) is 10.0 Å². The molecule has 0 spiro atoms. The zero-order chi connectivity index (χ0) is 22.9. The van der Waals surface area contributed by atoms with Crippen molar-refractivity contribution >= 4 is 38.3 Å². The van der Waals surface area contributed by atoms with E-state index >= 15 is 0 Å². The Morgan fingerprint density at radius 3 is 2.59 bits per heavy atom. The van der Waals surface area contributed by atoms with Gasteiger partial charge in [0.05, 0.1) is 11.0 Å². The van der Waals surface area contributed by atoms with E-state index in [1.165, 1.54) is 15.6 Å². The van der Waals surface area contributed by atoms with Gasteiger partial charge in [-0.25, -0.2) is 13.4 Å². The van der Waals surface area contributed by atoms with Gasteiger partial charge in [0.25, 0.3) is 10.0 Å². The summed E-state index contributed by atoms with van der Waals surface area (Å²) in [6.45, 7) is -0.270.